The van der Waals surface area contributed by atoms with Crippen LogP contribution in [0.5, 0.6) is 5.75 Å². The van der Waals surface area contributed by atoms with Gasteiger partial charge in [0.2, 0.25) is 11.9 Å². The van der Waals surface area contributed by atoms with Gasteiger partial charge in [0, 0.05) is 65.3 Å². The van der Waals surface area contributed by atoms with Gasteiger partial charge in [-0.15, -0.1) is 0 Å². The summed E-state index contributed by atoms with van der Waals surface area (Å²) in [6, 6.07) is 4.89. The second-order valence-corrected chi connectivity index (χ2v) is 12.3. The predicted octanol–water partition coefficient (Wildman–Crippen LogP) is 2.27. The molecule has 3 aliphatic heterocycles. The van der Waals surface area contributed by atoms with Crippen molar-refractivity contribution in [3.8, 4) is 5.75 Å². The quantitative estimate of drug-likeness (QED) is 0.285. The first-order valence-corrected chi connectivity index (χ1v) is 15.9. The van der Waals surface area contributed by atoms with Crippen LogP contribution in [0.1, 0.15) is 59.3 Å². The number of carbonyl (C=O) groups excluding carboxylic acids is 2. The molecule has 2 fully saturated rings. The minimum Gasteiger partial charge on any atom is -0.482 e. The van der Waals surface area contributed by atoms with Gasteiger partial charge in [-0.2, -0.15) is 4.98 Å². The Morgan fingerprint density at radius 3 is 2.67 bits per heavy atom. The van der Waals surface area contributed by atoms with Gasteiger partial charge in [-0.25, -0.2) is 14.4 Å². The fourth-order valence-corrected chi connectivity index (χ4v) is 6.05. The maximum Gasteiger partial charge on any atom is 0.270 e. The number of piperidine rings is 1. The molecule has 5 heterocycles. The Bertz CT molecular complexity index is 1560. The number of benzene rings is 1. The third kappa shape index (κ3) is 7.56. The van der Waals surface area contributed by atoms with Crippen LogP contribution in [0.15, 0.2) is 29.0 Å². The van der Waals surface area contributed by atoms with E-state index in [0.29, 0.717) is 62.4 Å². The number of amides is 2. The third-order valence-electron chi connectivity index (χ3n) is 8.78. The molecule has 0 unspecified atom stereocenters. The molecule has 14 heteroatoms. The van der Waals surface area contributed by atoms with Gasteiger partial charge in [0.25, 0.3) is 5.91 Å². The van der Waals surface area contributed by atoms with Crippen LogP contribution < -0.4 is 20.3 Å². The van der Waals surface area contributed by atoms with Gasteiger partial charge in [0.1, 0.15) is 18.1 Å². The van der Waals surface area contributed by atoms with Gasteiger partial charge in [-0.1, -0.05) is 0 Å². The summed E-state index contributed by atoms with van der Waals surface area (Å²) in [5.41, 5.74) is 2.76. The normalized spacial score (nSPS) is 17.7. The van der Waals surface area contributed by atoms with E-state index in [-0.39, 0.29) is 36.5 Å². The van der Waals surface area contributed by atoms with Gasteiger partial charge in [0.15, 0.2) is 23.7 Å². The highest BCUT2D eigenvalue weighted by Gasteiger charge is 2.29. The molecule has 6 rings (SSSR count). The summed E-state index contributed by atoms with van der Waals surface area (Å²) in [6.07, 6.45) is 4.40. The van der Waals surface area contributed by atoms with E-state index in [4.69, 9.17) is 9.15 Å². The molecule has 2 amide bonds. The summed E-state index contributed by atoms with van der Waals surface area (Å²) >= 11 is 0. The highest BCUT2D eigenvalue weighted by molar-refractivity contribution is 5.93. The molecule has 0 saturated carbocycles. The predicted molar refractivity (Wildman–Crippen MR) is 167 cm³/mol. The van der Waals surface area contributed by atoms with Crippen LogP contribution in [0.3, 0.4) is 0 Å². The molecule has 3 aliphatic rings. The van der Waals surface area contributed by atoms with Crippen LogP contribution in [-0.2, 0) is 24.4 Å². The highest BCUT2D eigenvalue weighted by atomic mass is 19.1. The number of carbonyl (C=O) groups is 2. The zero-order chi connectivity index (χ0) is 32.2. The van der Waals surface area contributed by atoms with Gasteiger partial charge < -0.3 is 34.7 Å². The Balaban J connectivity index is 1.03. The summed E-state index contributed by atoms with van der Waals surface area (Å²) in [6.45, 7) is 7.75. The first kappa shape index (κ1) is 31.7. The monoisotopic (exact) mass is 636 g/mol. The topological polar surface area (TPSA) is 149 Å². The Labute approximate surface area is 267 Å². The van der Waals surface area contributed by atoms with E-state index in [9.17, 15) is 19.1 Å². The number of hydrogen-bond acceptors (Lipinski definition) is 11. The maximum absolute atomic E-state index is 14.9. The van der Waals surface area contributed by atoms with Crippen LogP contribution in [0, 0.1) is 12.7 Å². The van der Waals surface area contributed by atoms with E-state index < -0.39 is 17.8 Å². The second kappa shape index (κ2) is 14.0. The van der Waals surface area contributed by atoms with Crippen LogP contribution in [0.2, 0.25) is 0 Å². The molecule has 0 aliphatic carbocycles. The molecule has 1 atom stereocenters. The molecular formula is C32H41FN8O5. The molecule has 0 spiro atoms. The molecule has 0 radical (unpaired) electrons. The van der Waals surface area contributed by atoms with Crippen molar-refractivity contribution in [1.29, 1.82) is 0 Å². The number of oxazole rings is 1. The number of ether oxygens (including phenoxy) is 1. The Morgan fingerprint density at radius 2 is 1.93 bits per heavy atom. The fourth-order valence-electron chi connectivity index (χ4n) is 6.05. The van der Waals surface area contributed by atoms with Crippen molar-refractivity contribution in [3.63, 3.8) is 0 Å². The number of likely N-dealkylation sites (tertiary alicyclic amines) is 1. The Morgan fingerprint density at radius 1 is 1.13 bits per heavy atom. The highest BCUT2D eigenvalue weighted by Crippen LogP contribution is 2.28. The van der Waals surface area contributed by atoms with E-state index in [2.05, 4.69) is 30.5 Å². The lowest BCUT2D eigenvalue weighted by molar-refractivity contribution is -0.132. The number of anilines is 2. The largest absolute Gasteiger partial charge is 0.482 e. The van der Waals surface area contributed by atoms with Crippen LogP contribution in [-0.4, -0.2) is 99.6 Å². The van der Waals surface area contributed by atoms with E-state index in [1.807, 2.05) is 4.90 Å². The minimum atomic E-state index is -0.836. The first-order chi connectivity index (χ1) is 22.2. The Hall–Kier alpha value is -4.30. The number of rotatable bonds is 11. The molecule has 0 bridgehead atoms. The van der Waals surface area contributed by atoms with Gasteiger partial charge in [-0.3, -0.25) is 14.5 Å². The smallest absolute Gasteiger partial charge is 0.270 e. The number of hydrogen-bond donors (Lipinski definition) is 3. The number of nitrogens with one attached hydrogen (secondary N) is 2. The molecule has 2 saturated heterocycles. The lowest BCUT2D eigenvalue weighted by Gasteiger charge is -2.39. The lowest BCUT2D eigenvalue weighted by atomic mass is 9.99. The minimum absolute atomic E-state index is 0.0308. The number of nitrogens with zero attached hydrogens (tertiary/aromatic N) is 6. The van der Waals surface area contributed by atoms with E-state index in [1.165, 1.54) is 12.5 Å². The number of aliphatic hydroxyl groups excluding tert-OH is 1. The standard InChI is InChI=1S/C32H41FN8O5/c1-20-29(46-19-35-20)18-45-28-11-22-6-9-39(14-23(22)10-26(28)33)17-25(43)13-34-31(44)27-12-30(36-24-15-41(16-24)21(2)42)38-32(37-27)40-7-4-3-5-8-40/h10-12,19,24-25,43H,3-9,13-18H2,1-2H3,(H,34,44)(H,36,37,38)/t25-/m0/s1. The summed E-state index contributed by atoms with van der Waals surface area (Å²) in [5, 5.41) is 17.0. The molecule has 46 heavy (non-hydrogen) atoms. The second-order valence-electron chi connectivity index (χ2n) is 12.3. The summed E-state index contributed by atoms with van der Waals surface area (Å²) < 4.78 is 25.8. The first-order valence-electron chi connectivity index (χ1n) is 15.9. The van der Waals surface area contributed by atoms with E-state index in [0.717, 1.165) is 43.5 Å². The van der Waals surface area contributed by atoms with Crippen LogP contribution in [0.25, 0.3) is 0 Å². The van der Waals surface area contributed by atoms with Crippen molar-refractivity contribution in [1.82, 2.24) is 30.1 Å². The molecular weight excluding hydrogens is 595 g/mol. The van der Waals surface area contributed by atoms with Crippen molar-refractivity contribution >= 4 is 23.6 Å². The average Bonchev–Trinajstić information content (AvgIpc) is 3.44. The van der Waals surface area contributed by atoms with Crippen molar-refractivity contribution in [2.45, 2.75) is 64.8 Å². The van der Waals surface area contributed by atoms with Gasteiger partial charge in [0.05, 0.1) is 17.8 Å². The maximum atomic E-state index is 14.9. The zero-order valence-electron chi connectivity index (χ0n) is 26.3. The molecule has 246 valence electrons. The number of fused-ring (bicyclic) bond motifs is 1. The van der Waals surface area contributed by atoms with E-state index >= 15 is 0 Å². The summed E-state index contributed by atoms with van der Waals surface area (Å²) in [5.74, 6) is 0.933. The number of aryl methyl sites for hydroxylation is 1. The molecule has 3 aromatic rings. The third-order valence-corrected chi connectivity index (χ3v) is 8.78. The fraction of sp³-hybridized carbons (Fsp3) is 0.531. The van der Waals surface area contributed by atoms with Crippen molar-refractivity contribution in [2.24, 2.45) is 0 Å². The number of aliphatic hydroxyl groups is 1. The van der Waals surface area contributed by atoms with Crippen molar-refractivity contribution in [3.05, 3.63) is 58.7 Å². The van der Waals surface area contributed by atoms with Gasteiger partial charge in [-0.05, 0) is 55.9 Å². The molecule has 2 aromatic heterocycles. The SMILES string of the molecule is CC(=O)N1CC(Nc2cc(C(=O)NC[C@H](O)CN3CCc4cc(OCc5ocnc5C)c(F)cc4C3)nc(N3CCCCC3)n2)C1. The summed E-state index contributed by atoms with van der Waals surface area (Å²) in [7, 11) is 0. The van der Waals surface area contributed by atoms with Crippen LogP contribution >= 0.6 is 0 Å². The molecule has 13 nitrogen and oxygen atoms in total. The van der Waals surface area contributed by atoms with Gasteiger partial charge >= 0.3 is 0 Å². The summed E-state index contributed by atoms with van der Waals surface area (Å²) in [4.78, 5) is 44.0. The van der Waals surface area contributed by atoms with E-state index in [1.54, 1.807) is 30.9 Å². The molecule has 3 N–H and O–H groups in total. The lowest BCUT2D eigenvalue weighted by Crippen LogP contribution is -2.56. The molecule has 1 aromatic carbocycles. The van der Waals surface area contributed by atoms with Crippen LogP contribution in [0.4, 0.5) is 16.2 Å². The number of aromatic nitrogens is 3. The average molecular weight is 637 g/mol. The number of β-amino-alcohol motifs (C(OH)–C–C–N with tert-alkyl or cyclic N) is 1. The zero-order valence-corrected chi connectivity index (χ0v) is 26.3. The number of halogens is 1. The Kier molecular flexibility index (Phi) is 9.64. The van der Waals surface area contributed by atoms with Crippen molar-refractivity contribution in [2.75, 3.05) is 56.0 Å². The van der Waals surface area contributed by atoms with Crippen molar-refractivity contribution < 1.29 is 28.2 Å².